The van der Waals surface area contributed by atoms with Crippen molar-refractivity contribution < 1.29 is 5.11 Å². The molecule has 2 N–H and O–H groups in total. The van der Waals surface area contributed by atoms with Gasteiger partial charge < -0.3 is 10.4 Å². The molecule has 96 valence electrons. The average Bonchev–Trinajstić information content (AvgIpc) is 2.90. The summed E-state index contributed by atoms with van der Waals surface area (Å²) in [4.78, 5) is 8.44. The maximum Gasteiger partial charge on any atom is 0.168 e. The average molecular weight is 255 g/mol. The van der Waals surface area contributed by atoms with Crippen LogP contribution in [-0.2, 0) is 0 Å². The van der Waals surface area contributed by atoms with Crippen LogP contribution in [0.3, 0.4) is 0 Å². The molecule has 6 nitrogen and oxygen atoms in total. The second kappa shape index (κ2) is 5.03. The summed E-state index contributed by atoms with van der Waals surface area (Å²) in [6.45, 7) is 0.501. The molecular weight excluding hydrogens is 242 g/mol. The molecule has 0 saturated heterocycles. The van der Waals surface area contributed by atoms with Gasteiger partial charge >= 0.3 is 0 Å². The van der Waals surface area contributed by atoms with Crippen LogP contribution in [0.5, 0.6) is 0 Å². The zero-order valence-corrected chi connectivity index (χ0v) is 10.2. The fourth-order valence-corrected chi connectivity index (χ4v) is 1.92. The summed E-state index contributed by atoms with van der Waals surface area (Å²) < 4.78 is 1.77. The summed E-state index contributed by atoms with van der Waals surface area (Å²) in [5, 5.41) is 17.1. The lowest BCUT2D eigenvalue weighted by atomic mass is 10.3. The van der Waals surface area contributed by atoms with E-state index in [0.29, 0.717) is 12.4 Å². The highest BCUT2D eigenvalue weighted by Crippen LogP contribution is 2.21. The van der Waals surface area contributed by atoms with Gasteiger partial charge in [0.1, 0.15) is 12.1 Å². The van der Waals surface area contributed by atoms with Gasteiger partial charge in [0, 0.05) is 6.54 Å². The molecule has 0 atom stereocenters. The third-order valence-corrected chi connectivity index (χ3v) is 2.77. The van der Waals surface area contributed by atoms with Crippen LogP contribution >= 0.6 is 0 Å². The van der Waals surface area contributed by atoms with Crippen LogP contribution in [0.25, 0.3) is 16.7 Å². The number of para-hydroxylation sites is 1. The predicted octanol–water partition coefficient (Wildman–Crippen LogP) is 1.22. The Balaban J connectivity index is 2.09. The van der Waals surface area contributed by atoms with Gasteiger partial charge in [0.15, 0.2) is 5.65 Å². The SMILES string of the molecule is OCCNc1ncnc2c1cnn2-c1ccccc1. The van der Waals surface area contributed by atoms with E-state index in [2.05, 4.69) is 20.4 Å². The number of nitrogens with one attached hydrogen (secondary N) is 1. The van der Waals surface area contributed by atoms with E-state index in [4.69, 9.17) is 5.11 Å². The molecule has 2 heterocycles. The molecule has 3 rings (SSSR count). The van der Waals surface area contributed by atoms with Crippen molar-refractivity contribution in [1.29, 1.82) is 0 Å². The normalized spacial score (nSPS) is 10.8. The van der Waals surface area contributed by atoms with E-state index in [1.165, 1.54) is 6.33 Å². The number of aromatic nitrogens is 4. The molecule has 0 radical (unpaired) electrons. The number of aliphatic hydroxyl groups is 1. The number of fused-ring (bicyclic) bond motifs is 1. The largest absolute Gasteiger partial charge is 0.395 e. The lowest BCUT2D eigenvalue weighted by Gasteiger charge is -2.05. The minimum absolute atomic E-state index is 0.0539. The first-order valence-electron chi connectivity index (χ1n) is 5.99. The number of benzene rings is 1. The summed E-state index contributed by atoms with van der Waals surface area (Å²) in [6, 6.07) is 9.80. The number of hydrogen-bond donors (Lipinski definition) is 2. The smallest absolute Gasteiger partial charge is 0.168 e. The second-order valence-electron chi connectivity index (χ2n) is 4.00. The van der Waals surface area contributed by atoms with E-state index >= 15 is 0 Å². The van der Waals surface area contributed by atoms with Gasteiger partial charge in [0.25, 0.3) is 0 Å². The Morgan fingerprint density at radius 2 is 2.00 bits per heavy atom. The monoisotopic (exact) mass is 255 g/mol. The topological polar surface area (TPSA) is 75.9 Å². The van der Waals surface area contributed by atoms with Crippen LogP contribution in [0, 0.1) is 0 Å². The van der Waals surface area contributed by atoms with Crippen molar-refractivity contribution in [2.24, 2.45) is 0 Å². The quantitative estimate of drug-likeness (QED) is 0.733. The molecule has 0 spiro atoms. The van der Waals surface area contributed by atoms with Crippen LogP contribution in [-0.4, -0.2) is 38.0 Å². The minimum atomic E-state index is 0.0539. The van der Waals surface area contributed by atoms with Crippen molar-refractivity contribution in [3.63, 3.8) is 0 Å². The van der Waals surface area contributed by atoms with Crippen molar-refractivity contribution in [1.82, 2.24) is 19.7 Å². The van der Waals surface area contributed by atoms with Crippen molar-refractivity contribution in [2.45, 2.75) is 0 Å². The first-order valence-corrected chi connectivity index (χ1v) is 5.99. The molecule has 0 aliphatic rings. The molecule has 0 aliphatic heterocycles. The number of rotatable bonds is 4. The molecule has 0 aliphatic carbocycles. The fourth-order valence-electron chi connectivity index (χ4n) is 1.92. The molecule has 0 saturated carbocycles. The Hall–Kier alpha value is -2.47. The molecule has 0 fully saturated rings. The molecule has 1 aromatic carbocycles. The molecular formula is C13H13N5O. The fraction of sp³-hybridized carbons (Fsp3) is 0.154. The molecule has 0 unspecified atom stereocenters. The third-order valence-electron chi connectivity index (χ3n) is 2.77. The second-order valence-corrected chi connectivity index (χ2v) is 4.00. The summed E-state index contributed by atoms with van der Waals surface area (Å²) in [5.41, 5.74) is 1.69. The van der Waals surface area contributed by atoms with Crippen LogP contribution in [0.1, 0.15) is 0 Å². The third kappa shape index (κ3) is 2.13. The van der Waals surface area contributed by atoms with E-state index in [0.717, 1.165) is 16.7 Å². The minimum Gasteiger partial charge on any atom is -0.395 e. The number of anilines is 1. The van der Waals surface area contributed by atoms with Gasteiger partial charge in [-0.1, -0.05) is 18.2 Å². The van der Waals surface area contributed by atoms with Crippen LogP contribution in [0.2, 0.25) is 0 Å². The highest BCUT2D eigenvalue weighted by Gasteiger charge is 2.10. The molecule has 0 bridgehead atoms. The lowest BCUT2D eigenvalue weighted by molar-refractivity contribution is 0.311. The Labute approximate surface area is 109 Å². The summed E-state index contributed by atoms with van der Waals surface area (Å²) in [6.07, 6.45) is 3.21. The van der Waals surface area contributed by atoms with Crippen molar-refractivity contribution in [3.8, 4) is 5.69 Å². The first-order chi connectivity index (χ1) is 9.40. The maximum absolute atomic E-state index is 8.86. The van der Waals surface area contributed by atoms with Crippen molar-refractivity contribution in [3.05, 3.63) is 42.9 Å². The van der Waals surface area contributed by atoms with Gasteiger partial charge in [0.05, 0.1) is 23.9 Å². The van der Waals surface area contributed by atoms with Crippen LogP contribution in [0.4, 0.5) is 5.82 Å². The lowest BCUT2D eigenvalue weighted by Crippen LogP contribution is -2.07. The maximum atomic E-state index is 8.86. The van der Waals surface area contributed by atoms with Gasteiger partial charge in [-0.15, -0.1) is 0 Å². The zero-order valence-electron chi connectivity index (χ0n) is 10.2. The van der Waals surface area contributed by atoms with Gasteiger partial charge in [0.2, 0.25) is 0 Å². The van der Waals surface area contributed by atoms with Gasteiger partial charge in [-0.05, 0) is 12.1 Å². The van der Waals surface area contributed by atoms with E-state index in [1.54, 1.807) is 10.9 Å². The van der Waals surface area contributed by atoms with Gasteiger partial charge in [-0.25, -0.2) is 14.6 Å². The standard InChI is InChI=1S/C13H13N5O/c19-7-6-14-12-11-8-17-18(13(11)16-9-15-12)10-4-2-1-3-5-10/h1-5,8-9,19H,6-7H2,(H,14,15,16). The van der Waals surface area contributed by atoms with Crippen LogP contribution < -0.4 is 5.32 Å². The van der Waals surface area contributed by atoms with Gasteiger partial charge in [-0.2, -0.15) is 5.10 Å². The Bertz CT molecular complexity index is 680. The number of hydrogen-bond acceptors (Lipinski definition) is 5. The number of aliphatic hydroxyl groups excluding tert-OH is 1. The number of nitrogens with zero attached hydrogens (tertiary/aromatic N) is 4. The molecule has 19 heavy (non-hydrogen) atoms. The van der Waals surface area contributed by atoms with E-state index in [-0.39, 0.29) is 6.61 Å². The predicted molar refractivity (Wildman–Crippen MR) is 72.2 cm³/mol. The van der Waals surface area contributed by atoms with E-state index in [9.17, 15) is 0 Å². The molecule has 2 aromatic heterocycles. The Morgan fingerprint density at radius 1 is 1.16 bits per heavy atom. The van der Waals surface area contributed by atoms with E-state index in [1.807, 2.05) is 30.3 Å². The molecule has 0 amide bonds. The zero-order chi connectivity index (χ0) is 13.1. The van der Waals surface area contributed by atoms with E-state index < -0.39 is 0 Å². The molecule has 3 aromatic rings. The Kier molecular flexibility index (Phi) is 3.07. The summed E-state index contributed by atoms with van der Waals surface area (Å²) in [5.74, 6) is 0.682. The highest BCUT2D eigenvalue weighted by molar-refractivity contribution is 5.87. The highest BCUT2D eigenvalue weighted by atomic mass is 16.3. The first kappa shape index (κ1) is 11.6. The van der Waals surface area contributed by atoms with Crippen molar-refractivity contribution >= 4 is 16.9 Å². The van der Waals surface area contributed by atoms with Crippen LogP contribution in [0.15, 0.2) is 42.9 Å². The van der Waals surface area contributed by atoms with Gasteiger partial charge in [-0.3, -0.25) is 0 Å². The summed E-state index contributed by atoms with van der Waals surface area (Å²) >= 11 is 0. The van der Waals surface area contributed by atoms with Crippen molar-refractivity contribution in [2.75, 3.05) is 18.5 Å². The Morgan fingerprint density at radius 3 is 2.79 bits per heavy atom. The summed E-state index contributed by atoms with van der Waals surface area (Å²) in [7, 11) is 0. The molecule has 6 heteroatoms.